The van der Waals surface area contributed by atoms with Crippen molar-refractivity contribution >= 4 is 16.9 Å². The van der Waals surface area contributed by atoms with Gasteiger partial charge in [0.25, 0.3) is 0 Å². The number of hydrogen-bond acceptors (Lipinski definition) is 2. The summed E-state index contributed by atoms with van der Waals surface area (Å²) in [5, 5.41) is 14.2. The molecule has 1 aromatic heterocycles. The predicted octanol–water partition coefficient (Wildman–Crippen LogP) is 2.72. The molecule has 0 fully saturated rings. The molecule has 0 amide bonds. The van der Waals surface area contributed by atoms with Crippen molar-refractivity contribution in [2.45, 2.75) is 0 Å². The molecule has 1 heterocycles. The molecule has 88 valence electrons. The third kappa shape index (κ3) is 1.73. The molecule has 0 aliphatic rings. The molecular formula is C14H10N2O2. The van der Waals surface area contributed by atoms with Gasteiger partial charge in [0.2, 0.25) is 0 Å². The van der Waals surface area contributed by atoms with E-state index in [1.165, 1.54) is 0 Å². The fraction of sp³-hybridized carbons (Fsp3) is 0. The molecule has 1 N–H and O–H groups in total. The van der Waals surface area contributed by atoms with Gasteiger partial charge in [0.05, 0.1) is 16.8 Å². The van der Waals surface area contributed by atoms with E-state index >= 15 is 0 Å². The summed E-state index contributed by atoms with van der Waals surface area (Å²) >= 11 is 0. The van der Waals surface area contributed by atoms with E-state index in [4.69, 9.17) is 5.11 Å². The Kier molecular flexibility index (Phi) is 2.34. The zero-order valence-electron chi connectivity index (χ0n) is 9.45. The lowest BCUT2D eigenvalue weighted by molar-refractivity contribution is 0.0697. The molecular weight excluding hydrogens is 228 g/mol. The summed E-state index contributed by atoms with van der Waals surface area (Å²) in [5.41, 5.74) is 2.00. The minimum absolute atomic E-state index is 0.273. The number of carbonyl (C=O) groups is 1. The van der Waals surface area contributed by atoms with Gasteiger partial charge in [-0.25, -0.2) is 9.48 Å². The summed E-state index contributed by atoms with van der Waals surface area (Å²) in [5.74, 6) is -0.927. The van der Waals surface area contributed by atoms with Gasteiger partial charge in [-0.05, 0) is 30.3 Å². The predicted molar refractivity (Wildman–Crippen MR) is 68.0 cm³/mol. The highest BCUT2D eigenvalue weighted by molar-refractivity contribution is 5.93. The molecule has 18 heavy (non-hydrogen) atoms. The number of carboxylic acids is 1. The molecule has 0 aliphatic heterocycles. The molecule has 0 saturated carbocycles. The monoisotopic (exact) mass is 238 g/mol. The fourth-order valence-corrected chi connectivity index (χ4v) is 1.87. The Morgan fingerprint density at radius 2 is 1.89 bits per heavy atom. The first-order valence-electron chi connectivity index (χ1n) is 5.52. The third-order valence-electron chi connectivity index (χ3n) is 2.77. The van der Waals surface area contributed by atoms with E-state index in [1.807, 2.05) is 36.5 Å². The molecule has 0 unspecified atom stereocenters. The number of fused-ring (bicyclic) bond motifs is 1. The lowest BCUT2D eigenvalue weighted by Crippen LogP contribution is -1.94. The normalized spacial score (nSPS) is 10.7. The maximum absolute atomic E-state index is 10.9. The van der Waals surface area contributed by atoms with E-state index in [1.54, 1.807) is 22.9 Å². The lowest BCUT2D eigenvalue weighted by atomic mass is 10.2. The second kappa shape index (κ2) is 4.00. The van der Waals surface area contributed by atoms with Crippen molar-refractivity contribution in [3.63, 3.8) is 0 Å². The molecule has 0 spiro atoms. The van der Waals surface area contributed by atoms with Gasteiger partial charge in [-0.1, -0.05) is 18.2 Å². The van der Waals surface area contributed by atoms with Crippen LogP contribution in [0.3, 0.4) is 0 Å². The summed E-state index contributed by atoms with van der Waals surface area (Å²) in [4.78, 5) is 10.9. The van der Waals surface area contributed by atoms with Gasteiger partial charge < -0.3 is 5.11 Å². The summed E-state index contributed by atoms with van der Waals surface area (Å²) in [6, 6.07) is 14.6. The van der Waals surface area contributed by atoms with Crippen LogP contribution in [0.5, 0.6) is 0 Å². The SMILES string of the molecule is O=C(O)c1ccc2nn(-c3ccccc3)cc2c1. The number of hydrogen-bond donors (Lipinski definition) is 1. The van der Waals surface area contributed by atoms with Crippen LogP contribution < -0.4 is 0 Å². The first kappa shape index (κ1) is 10.5. The van der Waals surface area contributed by atoms with Crippen molar-refractivity contribution in [1.29, 1.82) is 0 Å². The molecule has 0 saturated heterocycles. The summed E-state index contributed by atoms with van der Waals surface area (Å²) in [6.07, 6.45) is 1.83. The zero-order chi connectivity index (χ0) is 12.5. The third-order valence-corrected chi connectivity index (χ3v) is 2.77. The smallest absolute Gasteiger partial charge is 0.335 e. The fourth-order valence-electron chi connectivity index (χ4n) is 1.87. The number of carboxylic acid groups (broad SMARTS) is 1. The zero-order valence-corrected chi connectivity index (χ0v) is 9.45. The van der Waals surface area contributed by atoms with Crippen LogP contribution in [0, 0.1) is 0 Å². The first-order valence-corrected chi connectivity index (χ1v) is 5.52. The van der Waals surface area contributed by atoms with E-state index < -0.39 is 5.97 Å². The number of rotatable bonds is 2. The second-order valence-electron chi connectivity index (χ2n) is 3.99. The molecule has 3 rings (SSSR count). The maximum Gasteiger partial charge on any atom is 0.335 e. The molecule has 2 aromatic carbocycles. The van der Waals surface area contributed by atoms with Crippen molar-refractivity contribution < 1.29 is 9.90 Å². The van der Waals surface area contributed by atoms with Gasteiger partial charge in [-0.3, -0.25) is 0 Å². The summed E-state index contributed by atoms with van der Waals surface area (Å²) < 4.78 is 1.75. The van der Waals surface area contributed by atoms with Crippen LogP contribution >= 0.6 is 0 Å². The standard InChI is InChI=1S/C14H10N2O2/c17-14(18)10-6-7-13-11(8-10)9-16(15-13)12-4-2-1-3-5-12/h1-9H,(H,17,18). The van der Waals surface area contributed by atoms with Crippen molar-refractivity contribution in [3.8, 4) is 5.69 Å². The Morgan fingerprint density at radius 1 is 1.11 bits per heavy atom. The highest BCUT2D eigenvalue weighted by Crippen LogP contribution is 2.17. The van der Waals surface area contributed by atoms with Crippen molar-refractivity contribution in [2.75, 3.05) is 0 Å². The van der Waals surface area contributed by atoms with E-state index in [9.17, 15) is 4.79 Å². The average molecular weight is 238 g/mol. The minimum atomic E-state index is -0.927. The van der Waals surface area contributed by atoms with Gasteiger partial charge >= 0.3 is 5.97 Å². The van der Waals surface area contributed by atoms with Gasteiger partial charge in [-0.15, -0.1) is 0 Å². The van der Waals surface area contributed by atoms with Gasteiger partial charge in [0.15, 0.2) is 0 Å². The lowest BCUT2D eigenvalue weighted by Gasteiger charge is -1.98. The molecule has 4 nitrogen and oxygen atoms in total. The largest absolute Gasteiger partial charge is 0.478 e. The van der Waals surface area contributed by atoms with Crippen LogP contribution in [0.15, 0.2) is 54.7 Å². The Morgan fingerprint density at radius 3 is 2.61 bits per heavy atom. The maximum atomic E-state index is 10.9. The highest BCUT2D eigenvalue weighted by Gasteiger charge is 2.07. The Bertz CT molecular complexity index is 717. The minimum Gasteiger partial charge on any atom is -0.478 e. The van der Waals surface area contributed by atoms with Crippen molar-refractivity contribution in [2.24, 2.45) is 0 Å². The molecule has 4 heteroatoms. The summed E-state index contributed by atoms with van der Waals surface area (Å²) in [7, 11) is 0. The van der Waals surface area contributed by atoms with Crippen LogP contribution in [0.25, 0.3) is 16.6 Å². The van der Waals surface area contributed by atoms with Crippen LogP contribution in [0.1, 0.15) is 10.4 Å². The van der Waals surface area contributed by atoms with Crippen LogP contribution in [-0.2, 0) is 0 Å². The van der Waals surface area contributed by atoms with Gasteiger partial charge in [0, 0.05) is 11.6 Å². The number of benzene rings is 2. The van der Waals surface area contributed by atoms with Gasteiger partial charge in [-0.2, -0.15) is 5.10 Å². The van der Waals surface area contributed by atoms with Crippen LogP contribution in [0.2, 0.25) is 0 Å². The Labute approximate surface area is 103 Å². The molecule has 0 aliphatic carbocycles. The van der Waals surface area contributed by atoms with Crippen LogP contribution in [-0.4, -0.2) is 20.9 Å². The van der Waals surface area contributed by atoms with Crippen molar-refractivity contribution in [1.82, 2.24) is 9.78 Å². The van der Waals surface area contributed by atoms with Gasteiger partial charge in [0.1, 0.15) is 0 Å². The number of aromatic nitrogens is 2. The number of aromatic carboxylic acids is 1. The number of nitrogens with zero attached hydrogens (tertiary/aromatic N) is 2. The molecule has 3 aromatic rings. The topological polar surface area (TPSA) is 55.1 Å². The second-order valence-corrected chi connectivity index (χ2v) is 3.99. The van der Waals surface area contributed by atoms with Crippen molar-refractivity contribution in [3.05, 3.63) is 60.3 Å². The quantitative estimate of drug-likeness (QED) is 0.746. The van der Waals surface area contributed by atoms with E-state index in [-0.39, 0.29) is 5.56 Å². The first-order chi connectivity index (χ1) is 8.74. The van der Waals surface area contributed by atoms with E-state index in [0.717, 1.165) is 16.6 Å². The van der Waals surface area contributed by atoms with Crippen LogP contribution in [0.4, 0.5) is 0 Å². The molecule has 0 bridgehead atoms. The number of para-hydroxylation sites is 1. The Hall–Kier alpha value is -2.62. The Balaban J connectivity index is 2.14. The molecule has 0 radical (unpaired) electrons. The molecule has 0 atom stereocenters. The van der Waals surface area contributed by atoms with E-state index in [0.29, 0.717) is 0 Å². The van der Waals surface area contributed by atoms with E-state index in [2.05, 4.69) is 5.10 Å². The summed E-state index contributed by atoms with van der Waals surface area (Å²) in [6.45, 7) is 0. The highest BCUT2D eigenvalue weighted by atomic mass is 16.4. The average Bonchev–Trinajstić information content (AvgIpc) is 2.82.